The Balaban J connectivity index is 2.17. The van der Waals surface area contributed by atoms with Crippen LogP contribution >= 0.6 is 0 Å². The van der Waals surface area contributed by atoms with Crippen molar-refractivity contribution in [3.63, 3.8) is 0 Å². The van der Waals surface area contributed by atoms with Gasteiger partial charge in [-0.05, 0) is 36.6 Å². The van der Waals surface area contributed by atoms with Crippen LogP contribution in [0.25, 0.3) is 11.0 Å². The molecule has 0 saturated carbocycles. The highest BCUT2D eigenvalue weighted by atomic mass is 16.3. The standard InChI is InChI=1S/C12H13NO3/c13-12(15)3-1-2-8-7-16-11-5-4-9(14)6-10(8)11/h4-7,14H,1-3H2,(H2,13,15). The summed E-state index contributed by atoms with van der Waals surface area (Å²) < 4.78 is 5.33. The van der Waals surface area contributed by atoms with Gasteiger partial charge >= 0.3 is 0 Å². The average molecular weight is 219 g/mol. The molecule has 0 atom stereocenters. The molecule has 1 amide bonds. The lowest BCUT2D eigenvalue weighted by atomic mass is 10.1. The van der Waals surface area contributed by atoms with Crippen molar-refractivity contribution >= 4 is 16.9 Å². The highest BCUT2D eigenvalue weighted by Gasteiger charge is 2.06. The van der Waals surface area contributed by atoms with Crippen LogP contribution in [0.2, 0.25) is 0 Å². The van der Waals surface area contributed by atoms with E-state index in [1.54, 1.807) is 24.5 Å². The van der Waals surface area contributed by atoms with Gasteiger partial charge in [0.05, 0.1) is 6.26 Å². The number of carbonyl (C=O) groups excluding carboxylic acids is 1. The first-order valence-corrected chi connectivity index (χ1v) is 5.14. The van der Waals surface area contributed by atoms with Crippen molar-refractivity contribution in [1.82, 2.24) is 0 Å². The van der Waals surface area contributed by atoms with E-state index in [0.717, 1.165) is 23.0 Å². The number of aromatic hydroxyl groups is 1. The molecule has 0 bridgehead atoms. The van der Waals surface area contributed by atoms with Crippen LogP contribution < -0.4 is 5.73 Å². The molecular formula is C12H13NO3. The van der Waals surface area contributed by atoms with E-state index in [9.17, 15) is 9.90 Å². The molecule has 0 aliphatic carbocycles. The summed E-state index contributed by atoms with van der Waals surface area (Å²) in [6, 6.07) is 4.97. The summed E-state index contributed by atoms with van der Waals surface area (Å²) in [5.41, 5.74) is 6.80. The van der Waals surface area contributed by atoms with Gasteiger partial charge in [0.2, 0.25) is 5.91 Å². The van der Waals surface area contributed by atoms with Crippen LogP contribution in [0.3, 0.4) is 0 Å². The molecule has 1 aromatic heterocycles. The van der Waals surface area contributed by atoms with Gasteiger partial charge in [-0.3, -0.25) is 4.79 Å². The van der Waals surface area contributed by atoms with E-state index in [2.05, 4.69) is 0 Å². The number of phenolic OH excluding ortho intramolecular Hbond substituents is 1. The third kappa shape index (κ3) is 2.16. The van der Waals surface area contributed by atoms with E-state index in [0.29, 0.717) is 12.8 Å². The minimum absolute atomic E-state index is 0.213. The summed E-state index contributed by atoms with van der Waals surface area (Å²) >= 11 is 0. The summed E-state index contributed by atoms with van der Waals surface area (Å²) in [7, 11) is 0. The second-order valence-electron chi connectivity index (χ2n) is 3.76. The molecule has 0 fully saturated rings. The molecule has 2 aromatic rings. The molecule has 4 nitrogen and oxygen atoms in total. The lowest BCUT2D eigenvalue weighted by Crippen LogP contribution is -2.10. The maximum absolute atomic E-state index is 10.6. The third-order valence-corrected chi connectivity index (χ3v) is 2.51. The Labute approximate surface area is 92.7 Å². The van der Waals surface area contributed by atoms with Gasteiger partial charge in [0.1, 0.15) is 11.3 Å². The molecule has 0 aliphatic heterocycles. The lowest BCUT2D eigenvalue weighted by molar-refractivity contribution is -0.118. The Morgan fingerprint density at radius 1 is 1.44 bits per heavy atom. The maximum atomic E-state index is 10.6. The first kappa shape index (κ1) is 10.5. The van der Waals surface area contributed by atoms with Crippen molar-refractivity contribution < 1.29 is 14.3 Å². The Hall–Kier alpha value is -1.97. The highest BCUT2D eigenvalue weighted by Crippen LogP contribution is 2.26. The molecule has 16 heavy (non-hydrogen) atoms. The largest absolute Gasteiger partial charge is 0.508 e. The average Bonchev–Trinajstić information content (AvgIpc) is 2.60. The van der Waals surface area contributed by atoms with Gasteiger partial charge in [-0.1, -0.05) is 0 Å². The predicted octanol–water partition coefficient (Wildman–Crippen LogP) is 1.95. The van der Waals surface area contributed by atoms with E-state index in [1.807, 2.05) is 0 Å². The number of aryl methyl sites for hydroxylation is 1. The maximum Gasteiger partial charge on any atom is 0.217 e. The molecule has 0 unspecified atom stereocenters. The fourth-order valence-corrected chi connectivity index (χ4v) is 1.72. The molecule has 0 spiro atoms. The van der Waals surface area contributed by atoms with Crippen LogP contribution in [0.4, 0.5) is 0 Å². The Morgan fingerprint density at radius 3 is 3.00 bits per heavy atom. The van der Waals surface area contributed by atoms with E-state index < -0.39 is 0 Å². The van der Waals surface area contributed by atoms with Crippen LogP contribution in [0.15, 0.2) is 28.9 Å². The highest BCUT2D eigenvalue weighted by molar-refractivity contribution is 5.82. The van der Waals surface area contributed by atoms with Crippen LogP contribution in [0, 0.1) is 0 Å². The SMILES string of the molecule is NC(=O)CCCc1coc2ccc(O)cc12. The topological polar surface area (TPSA) is 76.5 Å². The summed E-state index contributed by atoms with van der Waals surface area (Å²) in [5, 5.41) is 10.3. The summed E-state index contributed by atoms with van der Waals surface area (Å²) in [4.78, 5) is 10.6. The molecular weight excluding hydrogens is 206 g/mol. The number of rotatable bonds is 4. The first-order valence-electron chi connectivity index (χ1n) is 5.14. The molecule has 1 heterocycles. The van der Waals surface area contributed by atoms with E-state index in [-0.39, 0.29) is 11.7 Å². The number of hydrogen-bond donors (Lipinski definition) is 2. The number of phenols is 1. The van der Waals surface area contributed by atoms with Gasteiger partial charge < -0.3 is 15.3 Å². The number of nitrogens with two attached hydrogens (primary N) is 1. The van der Waals surface area contributed by atoms with Gasteiger partial charge in [-0.25, -0.2) is 0 Å². The van der Waals surface area contributed by atoms with E-state index in [1.165, 1.54) is 0 Å². The smallest absolute Gasteiger partial charge is 0.217 e. The van der Waals surface area contributed by atoms with Crippen LogP contribution in [0.5, 0.6) is 5.75 Å². The van der Waals surface area contributed by atoms with Crippen molar-refractivity contribution in [2.24, 2.45) is 5.73 Å². The van der Waals surface area contributed by atoms with Crippen molar-refractivity contribution in [1.29, 1.82) is 0 Å². The summed E-state index contributed by atoms with van der Waals surface area (Å²) in [6.45, 7) is 0. The molecule has 1 aromatic carbocycles. The van der Waals surface area contributed by atoms with Gasteiger partial charge in [0.15, 0.2) is 0 Å². The van der Waals surface area contributed by atoms with Crippen molar-refractivity contribution in [3.05, 3.63) is 30.0 Å². The van der Waals surface area contributed by atoms with Gasteiger partial charge in [-0.2, -0.15) is 0 Å². The monoisotopic (exact) mass is 219 g/mol. The summed E-state index contributed by atoms with van der Waals surface area (Å²) in [5.74, 6) is -0.0827. The number of furan rings is 1. The minimum atomic E-state index is -0.296. The molecule has 84 valence electrons. The van der Waals surface area contributed by atoms with Crippen molar-refractivity contribution in [2.75, 3.05) is 0 Å². The summed E-state index contributed by atoms with van der Waals surface area (Å²) in [6.07, 6.45) is 3.44. The number of benzene rings is 1. The zero-order valence-corrected chi connectivity index (χ0v) is 8.77. The Bertz CT molecular complexity index is 516. The minimum Gasteiger partial charge on any atom is -0.508 e. The zero-order chi connectivity index (χ0) is 11.5. The molecule has 0 radical (unpaired) electrons. The van der Waals surface area contributed by atoms with Crippen molar-refractivity contribution in [3.8, 4) is 5.75 Å². The van der Waals surface area contributed by atoms with Gasteiger partial charge in [-0.15, -0.1) is 0 Å². The quantitative estimate of drug-likeness (QED) is 0.825. The van der Waals surface area contributed by atoms with Crippen molar-refractivity contribution in [2.45, 2.75) is 19.3 Å². The van der Waals surface area contributed by atoms with Crippen LogP contribution in [0.1, 0.15) is 18.4 Å². The molecule has 0 aliphatic rings. The number of hydrogen-bond acceptors (Lipinski definition) is 3. The van der Waals surface area contributed by atoms with Gasteiger partial charge in [0.25, 0.3) is 0 Å². The second-order valence-corrected chi connectivity index (χ2v) is 3.76. The van der Waals surface area contributed by atoms with Gasteiger partial charge in [0, 0.05) is 11.8 Å². The Kier molecular flexibility index (Phi) is 2.81. The first-order chi connectivity index (χ1) is 7.66. The molecule has 4 heteroatoms. The fraction of sp³-hybridized carbons (Fsp3) is 0.250. The molecule has 2 rings (SSSR count). The van der Waals surface area contributed by atoms with E-state index >= 15 is 0 Å². The number of amides is 1. The predicted molar refractivity (Wildman–Crippen MR) is 60.0 cm³/mol. The normalized spacial score (nSPS) is 10.8. The van der Waals surface area contributed by atoms with Crippen LogP contribution in [-0.4, -0.2) is 11.0 Å². The number of primary amides is 1. The number of fused-ring (bicyclic) bond motifs is 1. The van der Waals surface area contributed by atoms with E-state index in [4.69, 9.17) is 10.2 Å². The van der Waals surface area contributed by atoms with Crippen LogP contribution in [-0.2, 0) is 11.2 Å². The second kappa shape index (κ2) is 4.26. The third-order valence-electron chi connectivity index (χ3n) is 2.51. The molecule has 0 saturated heterocycles. The number of carbonyl (C=O) groups is 1. The molecule has 3 N–H and O–H groups in total. The lowest BCUT2D eigenvalue weighted by Gasteiger charge is -1.97. The zero-order valence-electron chi connectivity index (χ0n) is 8.77. The fourth-order valence-electron chi connectivity index (χ4n) is 1.72. The Morgan fingerprint density at radius 2 is 2.25 bits per heavy atom.